The number of halogens is 1. The molecule has 0 saturated heterocycles. The van der Waals surface area contributed by atoms with Crippen LogP contribution in [0, 0.1) is 0 Å². The Kier molecular flexibility index (Phi) is 3.55. The highest BCUT2D eigenvalue weighted by Crippen LogP contribution is 2.23. The van der Waals surface area contributed by atoms with E-state index in [0.717, 1.165) is 0 Å². The summed E-state index contributed by atoms with van der Waals surface area (Å²) in [6.07, 6.45) is 0. The van der Waals surface area contributed by atoms with E-state index < -0.39 is 0 Å². The fourth-order valence-corrected chi connectivity index (χ4v) is 1.53. The van der Waals surface area contributed by atoms with E-state index in [9.17, 15) is 0 Å². The molecule has 1 N–H and O–H groups in total. The van der Waals surface area contributed by atoms with Gasteiger partial charge in [0.05, 0.1) is 13.7 Å². The lowest BCUT2D eigenvalue weighted by molar-refractivity contribution is 0.255. The van der Waals surface area contributed by atoms with Crippen molar-refractivity contribution in [2.45, 2.75) is 13.2 Å². The van der Waals surface area contributed by atoms with Crippen LogP contribution in [0.4, 0.5) is 0 Å². The lowest BCUT2D eigenvalue weighted by atomic mass is 10.2. The van der Waals surface area contributed by atoms with E-state index in [1.165, 1.54) is 4.80 Å². The van der Waals surface area contributed by atoms with Gasteiger partial charge in [-0.15, -0.1) is 10.2 Å². The van der Waals surface area contributed by atoms with Crippen molar-refractivity contribution < 1.29 is 9.84 Å². The van der Waals surface area contributed by atoms with Crippen LogP contribution in [-0.2, 0) is 20.3 Å². The molecule has 0 atom stereocenters. The molecule has 0 bridgehead atoms. The topological polar surface area (TPSA) is 73.1 Å². The summed E-state index contributed by atoms with van der Waals surface area (Å²) in [4.78, 5) is 1.35. The fraction of sp³-hybridized carbons (Fsp3) is 0.300. The number of rotatable bonds is 4. The first-order valence-corrected chi connectivity index (χ1v) is 5.32. The van der Waals surface area contributed by atoms with Gasteiger partial charge in [-0.25, -0.2) is 0 Å². The molecule has 7 heteroatoms. The van der Waals surface area contributed by atoms with Crippen molar-refractivity contribution in [3.05, 3.63) is 34.6 Å². The van der Waals surface area contributed by atoms with Crippen molar-refractivity contribution >= 4 is 11.6 Å². The zero-order valence-electron chi connectivity index (χ0n) is 9.17. The normalized spacial score (nSPS) is 10.5. The second-order valence-corrected chi connectivity index (χ2v) is 3.83. The van der Waals surface area contributed by atoms with Crippen LogP contribution < -0.4 is 4.74 Å². The first kappa shape index (κ1) is 11.8. The zero-order valence-corrected chi connectivity index (χ0v) is 9.92. The zero-order chi connectivity index (χ0) is 12.3. The minimum atomic E-state index is -0.135. The minimum Gasteiger partial charge on any atom is -0.485 e. The van der Waals surface area contributed by atoms with E-state index in [4.69, 9.17) is 21.4 Å². The number of ether oxygens (including phenoxy) is 1. The number of aryl methyl sites for hydroxylation is 1. The average molecular weight is 255 g/mol. The summed E-state index contributed by atoms with van der Waals surface area (Å²) in [6, 6.07) is 5.05. The predicted octanol–water partition coefficient (Wildman–Crippen LogP) is 0.935. The predicted molar refractivity (Wildman–Crippen MR) is 60.5 cm³/mol. The molecule has 90 valence electrons. The summed E-state index contributed by atoms with van der Waals surface area (Å²) in [5.74, 6) is 1.04. The Labute approximate surface area is 103 Å². The Balaban J connectivity index is 2.08. The summed E-state index contributed by atoms with van der Waals surface area (Å²) >= 11 is 5.81. The molecule has 2 rings (SSSR count). The molecule has 0 saturated carbocycles. The monoisotopic (exact) mass is 254 g/mol. The molecule has 2 aromatic rings. The minimum absolute atomic E-state index is 0.135. The molecular formula is C10H11ClN4O2. The molecule has 6 nitrogen and oxygen atoms in total. The van der Waals surface area contributed by atoms with Crippen LogP contribution in [0.5, 0.6) is 5.75 Å². The number of aliphatic hydroxyl groups is 1. The molecule has 0 unspecified atom stereocenters. The molecule has 0 aliphatic rings. The van der Waals surface area contributed by atoms with Crippen LogP contribution in [0.15, 0.2) is 18.2 Å². The lowest BCUT2D eigenvalue weighted by Crippen LogP contribution is -2.01. The van der Waals surface area contributed by atoms with Crippen LogP contribution >= 0.6 is 11.6 Å². The van der Waals surface area contributed by atoms with Gasteiger partial charge in [-0.2, -0.15) is 4.80 Å². The summed E-state index contributed by atoms with van der Waals surface area (Å²) in [5.41, 5.74) is 0.626. The van der Waals surface area contributed by atoms with Gasteiger partial charge in [-0.05, 0) is 23.4 Å². The average Bonchev–Trinajstić information content (AvgIpc) is 2.73. The van der Waals surface area contributed by atoms with Crippen LogP contribution in [0.3, 0.4) is 0 Å². The van der Waals surface area contributed by atoms with Gasteiger partial charge in [0, 0.05) is 10.6 Å². The Morgan fingerprint density at radius 3 is 2.94 bits per heavy atom. The molecular weight excluding hydrogens is 244 g/mol. The summed E-state index contributed by atoms with van der Waals surface area (Å²) < 4.78 is 5.49. The van der Waals surface area contributed by atoms with Gasteiger partial charge < -0.3 is 9.84 Å². The number of benzene rings is 1. The van der Waals surface area contributed by atoms with Gasteiger partial charge in [0.1, 0.15) is 5.75 Å². The molecule has 0 amide bonds. The van der Waals surface area contributed by atoms with Crippen molar-refractivity contribution in [2.75, 3.05) is 0 Å². The first-order valence-electron chi connectivity index (χ1n) is 4.94. The highest BCUT2D eigenvalue weighted by molar-refractivity contribution is 6.30. The van der Waals surface area contributed by atoms with Crippen molar-refractivity contribution in [3.8, 4) is 5.75 Å². The largest absolute Gasteiger partial charge is 0.485 e. The fourth-order valence-electron chi connectivity index (χ4n) is 1.34. The van der Waals surface area contributed by atoms with E-state index in [2.05, 4.69) is 15.4 Å². The van der Waals surface area contributed by atoms with Crippen LogP contribution in [0.1, 0.15) is 11.4 Å². The second-order valence-electron chi connectivity index (χ2n) is 3.39. The molecule has 17 heavy (non-hydrogen) atoms. The van der Waals surface area contributed by atoms with E-state index in [1.54, 1.807) is 25.2 Å². The molecule has 0 fully saturated rings. The van der Waals surface area contributed by atoms with E-state index in [-0.39, 0.29) is 13.2 Å². The molecule has 0 radical (unpaired) electrons. The van der Waals surface area contributed by atoms with E-state index >= 15 is 0 Å². The van der Waals surface area contributed by atoms with Crippen LogP contribution in [0.2, 0.25) is 5.02 Å². The standard InChI is InChI=1S/C10H11ClN4O2/c1-15-13-10(12-14-15)6-17-9-3-2-8(11)4-7(9)5-16/h2-4,16H,5-6H2,1H3. The number of nitrogens with zero attached hydrogens (tertiary/aromatic N) is 4. The lowest BCUT2D eigenvalue weighted by Gasteiger charge is -2.08. The van der Waals surface area contributed by atoms with Gasteiger partial charge >= 0.3 is 0 Å². The Hall–Kier alpha value is -1.66. The molecule has 0 aliphatic carbocycles. The highest BCUT2D eigenvalue weighted by atomic mass is 35.5. The van der Waals surface area contributed by atoms with Crippen molar-refractivity contribution in [1.82, 2.24) is 20.2 Å². The maximum atomic E-state index is 9.16. The van der Waals surface area contributed by atoms with Crippen LogP contribution in [0.25, 0.3) is 0 Å². The van der Waals surface area contributed by atoms with Crippen molar-refractivity contribution in [2.24, 2.45) is 7.05 Å². The second kappa shape index (κ2) is 5.11. The Morgan fingerprint density at radius 1 is 1.47 bits per heavy atom. The molecule has 0 spiro atoms. The van der Waals surface area contributed by atoms with Gasteiger partial charge in [0.25, 0.3) is 0 Å². The highest BCUT2D eigenvalue weighted by Gasteiger charge is 2.06. The smallest absolute Gasteiger partial charge is 0.212 e. The number of hydrogen-bond acceptors (Lipinski definition) is 5. The third-order valence-corrected chi connectivity index (χ3v) is 2.33. The van der Waals surface area contributed by atoms with Gasteiger partial charge in [0.15, 0.2) is 6.61 Å². The number of aliphatic hydroxyl groups excluding tert-OH is 1. The Morgan fingerprint density at radius 2 is 2.29 bits per heavy atom. The Bertz CT molecular complexity index is 515. The third kappa shape index (κ3) is 2.92. The van der Waals surface area contributed by atoms with E-state index in [0.29, 0.717) is 22.2 Å². The number of tetrazole rings is 1. The van der Waals surface area contributed by atoms with Gasteiger partial charge in [-0.1, -0.05) is 11.6 Å². The maximum absolute atomic E-state index is 9.16. The number of aromatic nitrogens is 4. The van der Waals surface area contributed by atoms with Crippen LogP contribution in [-0.4, -0.2) is 25.3 Å². The van der Waals surface area contributed by atoms with Crippen molar-refractivity contribution in [3.63, 3.8) is 0 Å². The molecule has 1 aromatic heterocycles. The first-order chi connectivity index (χ1) is 8.19. The third-order valence-electron chi connectivity index (χ3n) is 2.10. The summed E-state index contributed by atoms with van der Waals surface area (Å²) in [6.45, 7) is 0.0618. The quantitative estimate of drug-likeness (QED) is 0.879. The van der Waals surface area contributed by atoms with Crippen molar-refractivity contribution in [1.29, 1.82) is 0 Å². The number of hydrogen-bond donors (Lipinski definition) is 1. The SMILES string of the molecule is Cn1nnc(COc2ccc(Cl)cc2CO)n1. The van der Waals surface area contributed by atoms with E-state index in [1.807, 2.05) is 0 Å². The van der Waals surface area contributed by atoms with Gasteiger partial charge in [0.2, 0.25) is 5.82 Å². The van der Waals surface area contributed by atoms with Gasteiger partial charge in [-0.3, -0.25) is 0 Å². The summed E-state index contributed by atoms with van der Waals surface area (Å²) in [7, 11) is 1.68. The summed E-state index contributed by atoms with van der Waals surface area (Å²) in [5, 5.41) is 21.2. The molecule has 1 heterocycles. The molecule has 1 aromatic carbocycles. The molecule has 0 aliphatic heterocycles. The maximum Gasteiger partial charge on any atom is 0.212 e.